The fourth-order valence-electron chi connectivity index (χ4n) is 3.73. The summed E-state index contributed by atoms with van der Waals surface area (Å²) in [6.07, 6.45) is 7.23. The van der Waals surface area contributed by atoms with E-state index in [1.54, 1.807) is 39.4 Å². The Morgan fingerprint density at radius 3 is 2.28 bits per heavy atom. The Bertz CT molecular complexity index is 1120. The summed E-state index contributed by atoms with van der Waals surface area (Å²) in [5.74, 6) is -0.286. The lowest BCUT2D eigenvalue weighted by molar-refractivity contribution is -0.144. The Kier molecular flexibility index (Phi) is 7.02. The van der Waals surface area contributed by atoms with Crippen LogP contribution < -0.4 is 0 Å². The first-order valence-corrected chi connectivity index (χ1v) is 12.3. The summed E-state index contributed by atoms with van der Waals surface area (Å²) in [6.45, 7) is 1.38. The van der Waals surface area contributed by atoms with Crippen molar-refractivity contribution in [2.24, 2.45) is 0 Å². The molecule has 1 aliphatic rings. The van der Waals surface area contributed by atoms with Crippen molar-refractivity contribution < 1.29 is 17.9 Å². The molecule has 0 bridgehead atoms. The highest BCUT2D eigenvalue weighted by molar-refractivity contribution is 7.89. The maximum Gasteiger partial charge on any atom is 0.306 e. The van der Waals surface area contributed by atoms with Crippen molar-refractivity contribution in [1.29, 1.82) is 0 Å². The summed E-state index contributed by atoms with van der Waals surface area (Å²) in [6, 6.07) is 16.3. The molecule has 2 aromatic carbocycles. The third kappa shape index (κ3) is 5.44. The van der Waals surface area contributed by atoms with Crippen molar-refractivity contribution in [3.63, 3.8) is 0 Å². The van der Waals surface area contributed by atoms with Crippen molar-refractivity contribution in [2.45, 2.75) is 43.6 Å². The predicted molar refractivity (Wildman–Crippen MR) is 121 cm³/mol. The molecule has 168 valence electrons. The van der Waals surface area contributed by atoms with E-state index < -0.39 is 10.0 Å². The molecule has 4 rings (SSSR count). The van der Waals surface area contributed by atoms with Gasteiger partial charge in [0, 0.05) is 31.9 Å². The van der Waals surface area contributed by atoms with Crippen molar-refractivity contribution in [1.82, 2.24) is 14.1 Å². The number of nitrogens with zero attached hydrogens (tertiary/aromatic N) is 3. The van der Waals surface area contributed by atoms with Crippen LogP contribution >= 0.6 is 0 Å². The summed E-state index contributed by atoms with van der Waals surface area (Å²) in [5.41, 5.74) is 2.75. The van der Waals surface area contributed by atoms with E-state index in [0.717, 1.165) is 36.1 Å². The first-order valence-electron chi connectivity index (χ1n) is 10.9. The van der Waals surface area contributed by atoms with Gasteiger partial charge in [0.15, 0.2) is 0 Å². The Labute approximate surface area is 188 Å². The smallest absolute Gasteiger partial charge is 0.306 e. The van der Waals surface area contributed by atoms with Crippen LogP contribution in [-0.4, -0.2) is 41.6 Å². The number of benzene rings is 2. The van der Waals surface area contributed by atoms with Gasteiger partial charge in [-0.05, 0) is 60.7 Å². The molecule has 0 atom stereocenters. The van der Waals surface area contributed by atoms with Crippen molar-refractivity contribution >= 4 is 16.0 Å². The first-order chi connectivity index (χ1) is 15.5. The van der Waals surface area contributed by atoms with E-state index in [2.05, 4.69) is 5.10 Å². The van der Waals surface area contributed by atoms with E-state index in [-0.39, 0.29) is 19.0 Å². The summed E-state index contributed by atoms with van der Waals surface area (Å²) in [7, 11) is -3.43. The molecular formula is C24H27N3O4S. The molecule has 3 aromatic rings. The van der Waals surface area contributed by atoms with Gasteiger partial charge in [-0.25, -0.2) is 13.1 Å². The van der Waals surface area contributed by atoms with E-state index >= 15 is 0 Å². The molecule has 0 N–H and O–H groups in total. The molecule has 0 amide bonds. The molecule has 0 spiro atoms. The SMILES string of the molecule is O=C(CCc1ccc(S(=O)(=O)N2CCCCC2)cc1)OCc1ccc(-n2cccn2)cc1. The van der Waals surface area contributed by atoms with Crippen LogP contribution in [0.5, 0.6) is 0 Å². The van der Waals surface area contributed by atoms with Gasteiger partial charge in [-0.3, -0.25) is 4.79 Å². The fourth-order valence-corrected chi connectivity index (χ4v) is 5.25. The lowest BCUT2D eigenvalue weighted by Crippen LogP contribution is -2.35. The summed E-state index contributed by atoms with van der Waals surface area (Å²) >= 11 is 0. The molecule has 1 fully saturated rings. The highest BCUT2D eigenvalue weighted by Gasteiger charge is 2.25. The second-order valence-electron chi connectivity index (χ2n) is 7.89. The van der Waals surface area contributed by atoms with Crippen LogP contribution in [0.3, 0.4) is 0 Å². The largest absolute Gasteiger partial charge is 0.461 e. The number of aryl methyl sites for hydroxylation is 1. The molecule has 1 aliphatic heterocycles. The topological polar surface area (TPSA) is 81.5 Å². The zero-order chi connectivity index (χ0) is 22.4. The normalized spacial score (nSPS) is 14.9. The average molecular weight is 454 g/mol. The fraction of sp³-hybridized carbons (Fsp3) is 0.333. The quantitative estimate of drug-likeness (QED) is 0.486. The summed E-state index contributed by atoms with van der Waals surface area (Å²) < 4.78 is 34.1. The van der Waals surface area contributed by atoms with Gasteiger partial charge in [-0.2, -0.15) is 9.40 Å². The Morgan fingerprint density at radius 1 is 0.938 bits per heavy atom. The first kappa shape index (κ1) is 22.2. The summed E-state index contributed by atoms with van der Waals surface area (Å²) in [5, 5.41) is 4.18. The number of esters is 1. The molecule has 1 saturated heterocycles. The van der Waals surface area contributed by atoms with Crippen LogP contribution in [0.25, 0.3) is 5.69 Å². The van der Waals surface area contributed by atoms with Crippen LogP contribution in [-0.2, 0) is 32.6 Å². The van der Waals surface area contributed by atoms with E-state index in [4.69, 9.17) is 4.74 Å². The zero-order valence-electron chi connectivity index (χ0n) is 17.9. The molecule has 32 heavy (non-hydrogen) atoms. The monoisotopic (exact) mass is 453 g/mol. The third-order valence-corrected chi connectivity index (χ3v) is 7.51. The predicted octanol–water partition coefficient (Wildman–Crippen LogP) is 3.72. The maximum atomic E-state index is 12.7. The molecule has 0 unspecified atom stereocenters. The Morgan fingerprint density at radius 2 is 1.62 bits per heavy atom. The van der Waals surface area contributed by atoms with E-state index in [1.165, 1.54) is 0 Å². The number of carbonyl (C=O) groups is 1. The molecule has 0 aliphatic carbocycles. The highest BCUT2D eigenvalue weighted by Crippen LogP contribution is 2.21. The number of rotatable bonds is 8. The molecular weight excluding hydrogens is 426 g/mol. The average Bonchev–Trinajstić information content (AvgIpc) is 3.38. The second kappa shape index (κ2) is 10.1. The van der Waals surface area contributed by atoms with Crippen molar-refractivity contribution in [3.05, 3.63) is 78.1 Å². The summed E-state index contributed by atoms with van der Waals surface area (Å²) in [4.78, 5) is 12.4. The molecule has 8 heteroatoms. The number of ether oxygens (including phenoxy) is 1. The van der Waals surface area contributed by atoms with E-state index in [0.29, 0.717) is 24.4 Å². The van der Waals surface area contributed by atoms with Gasteiger partial charge in [0.05, 0.1) is 10.6 Å². The number of carbonyl (C=O) groups excluding carboxylic acids is 1. The Hall–Kier alpha value is -2.97. The van der Waals surface area contributed by atoms with Crippen LogP contribution in [0.4, 0.5) is 0 Å². The van der Waals surface area contributed by atoms with Gasteiger partial charge >= 0.3 is 5.97 Å². The van der Waals surface area contributed by atoms with Gasteiger partial charge in [0.25, 0.3) is 0 Å². The van der Waals surface area contributed by atoms with Crippen LogP contribution in [0.15, 0.2) is 71.9 Å². The van der Waals surface area contributed by atoms with Crippen LogP contribution in [0.2, 0.25) is 0 Å². The highest BCUT2D eigenvalue weighted by atomic mass is 32.2. The third-order valence-electron chi connectivity index (χ3n) is 5.60. The standard InChI is InChI=1S/C24H27N3O4S/c28-24(31-19-21-5-10-22(11-6-21)27-18-4-15-25-27)14-9-20-7-12-23(13-8-20)32(29,30)26-16-2-1-3-17-26/h4-8,10-13,15,18H,1-3,9,14,16-17,19H2. The Balaban J connectivity index is 1.25. The molecule has 0 radical (unpaired) electrons. The van der Waals surface area contributed by atoms with E-state index in [9.17, 15) is 13.2 Å². The number of hydrogen-bond acceptors (Lipinski definition) is 5. The van der Waals surface area contributed by atoms with Crippen molar-refractivity contribution in [3.8, 4) is 5.69 Å². The van der Waals surface area contributed by atoms with Gasteiger partial charge in [0.2, 0.25) is 10.0 Å². The van der Waals surface area contributed by atoms with Gasteiger partial charge in [-0.15, -0.1) is 0 Å². The number of piperidine rings is 1. The van der Waals surface area contributed by atoms with E-state index in [1.807, 2.05) is 36.5 Å². The lowest BCUT2D eigenvalue weighted by Gasteiger charge is -2.25. The zero-order valence-corrected chi connectivity index (χ0v) is 18.7. The number of aromatic nitrogens is 2. The van der Waals surface area contributed by atoms with Gasteiger partial charge in [-0.1, -0.05) is 30.7 Å². The number of hydrogen-bond donors (Lipinski definition) is 0. The van der Waals surface area contributed by atoms with Crippen LogP contribution in [0.1, 0.15) is 36.8 Å². The molecule has 1 aromatic heterocycles. The molecule has 2 heterocycles. The second-order valence-corrected chi connectivity index (χ2v) is 9.82. The molecule has 7 nitrogen and oxygen atoms in total. The van der Waals surface area contributed by atoms with Gasteiger partial charge in [0.1, 0.15) is 6.61 Å². The van der Waals surface area contributed by atoms with Crippen LogP contribution in [0, 0.1) is 0 Å². The minimum absolute atomic E-state index is 0.214. The molecule has 0 saturated carbocycles. The minimum Gasteiger partial charge on any atom is -0.461 e. The minimum atomic E-state index is -3.43. The van der Waals surface area contributed by atoms with Gasteiger partial charge < -0.3 is 4.74 Å². The maximum absolute atomic E-state index is 12.7. The lowest BCUT2D eigenvalue weighted by atomic mass is 10.1. The van der Waals surface area contributed by atoms with Crippen molar-refractivity contribution in [2.75, 3.05) is 13.1 Å². The number of sulfonamides is 1.